The molecule has 0 bridgehead atoms. The summed E-state index contributed by atoms with van der Waals surface area (Å²) in [7, 11) is 1.65. The third-order valence-corrected chi connectivity index (χ3v) is 5.88. The van der Waals surface area contributed by atoms with E-state index in [0.717, 1.165) is 34.6 Å². The van der Waals surface area contributed by atoms with E-state index in [0.29, 0.717) is 9.90 Å². The molecule has 1 amide bonds. The van der Waals surface area contributed by atoms with Crippen molar-refractivity contribution in [3.05, 3.63) is 69.3 Å². The molecule has 0 saturated carbocycles. The summed E-state index contributed by atoms with van der Waals surface area (Å²) in [6, 6.07) is 12.1. The second-order valence-corrected chi connectivity index (χ2v) is 7.56. The zero-order chi connectivity index (χ0) is 18.3. The number of aryl methyl sites for hydroxylation is 2. The van der Waals surface area contributed by atoms with Crippen LogP contribution in [0.4, 0.5) is 10.1 Å². The molecule has 1 aliphatic rings. The molecule has 0 aliphatic heterocycles. The lowest BCUT2D eigenvalue weighted by Gasteiger charge is -2.16. The van der Waals surface area contributed by atoms with Crippen LogP contribution in [0, 0.1) is 5.82 Å². The Morgan fingerprint density at radius 3 is 2.73 bits per heavy atom. The summed E-state index contributed by atoms with van der Waals surface area (Å²) in [4.78, 5) is 14.2. The van der Waals surface area contributed by atoms with E-state index in [4.69, 9.17) is 16.3 Å². The van der Waals surface area contributed by atoms with Crippen LogP contribution in [0.2, 0.25) is 5.02 Å². The number of anilines is 1. The molecule has 3 aromatic rings. The first kappa shape index (κ1) is 17.1. The van der Waals surface area contributed by atoms with Crippen molar-refractivity contribution in [3.8, 4) is 16.2 Å². The van der Waals surface area contributed by atoms with Crippen molar-refractivity contribution in [2.75, 3.05) is 12.4 Å². The smallest absolute Gasteiger partial charge is 0.265 e. The van der Waals surface area contributed by atoms with Crippen molar-refractivity contribution in [2.45, 2.75) is 12.8 Å². The maximum Gasteiger partial charge on any atom is 0.265 e. The zero-order valence-electron chi connectivity index (χ0n) is 13.9. The molecule has 0 fully saturated rings. The lowest BCUT2D eigenvalue weighted by Crippen LogP contribution is -2.11. The fourth-order valence-electron chi connectivity index (χ4n) is 3.12. The number of thiophene rings is 1. The number of hydrogen-bond acceptors (Lipinski definition) is 3. The second kappa shape index (κ2) is 6.74. The summed E-state index contributed by atoms with van der Waals surface area (Å²) in [5.41, 5.74) is 3.62. The highest BCUT2D eigenvalue weighted by molar-refractivity contribution is 7.17. The Hall–Kier alpha value is -2.37. The summed E-state index contributed by atoms with van der Waals surface area (Å²) in [5.74, 6) is -0.0368. The summed E-state index contributed by atoms with van der Waals surface area (Å²) < 4.78 is 19.2. The minimum Gasteiger partial charge on any atom is -0.497 e. The van der Waals surface area contributed by atoms with Crippen molar-refractivity contribution in [1.29, 1.82) is 0 Å². The molecule has 0 spiro atoms. The lowest BCUT2D eigenvalue weighted by atomic mass is 9.91. The Morgan fingerprint density at radius 1 is 1.15 bits per heavy atom. The number of hydrogen-bond donors (Lipinski definition) is 1. The molecule has 1 aliphatic carbocycles. The van der Waals surface area contributed by atoms with Gasteiger partial charge in [-0.1, -0.05) is 11.6 Å². The Morgan fingerprint density at radius 2 is 1.96 bits per heavy atom. The quantitative estimate of drug-likeness (QED) is 0.638. The van der Waals surface area contributed by atoms with E-state index in [1.165, 1.54) is 29.0 Å². The number of methoxy groups -OCH3 is 1. The third-order valence-electron chi connectivity index (χ3n) is 4.43. The minimum atomic E-state index is -0.551. The van der Waals surface area contributed by atoms with Crippen molar-refractivity contribution in [3.63, 3.8) is 0 Å². The highest BCUT2D eigenvalue weighted by Gasteiger charge is 2.22. The SMILES string of the molecule is COc1ccc2c(c1)CCc1cc(C(=O)Nc3ccc(Cl)cc3F)sc1-2. The fraction of sp³-hybridized carbons (Fsp3) is 0.150. The number of rotatable bonds is 3. The van der Waals surface area contributed by atoms with Crippen molar-refractivity contribution >= 4 is 34.5 Å². The van der Waals surface area contributed by atoms with Crippen LogP contribution < -0.4 is 10.1 Å². The topological polar surface area (TPSA) is 38.3 Å². The molecule has 4 rings (SSSR count). The molecule has 0 unspecified atom stereocenters. The first-order chi connectivity index (χ1) is 12.5. The van der Waals surface area contributed by atoms with Crippen molar-refractivity contribution in [1.82, 2.24) is 0 Å². The number of carbonyl (C=O) groups is 1. The third kappa shape index (κ3) is 3.08. The van der Waals surface area contributed by atoms with E-state index in [1.807, 2.05) is 24.3 Å². The van der Waals surface area contributed by atoms with Gasteiger partial charge in [-0.3, -0.25) is 4.79 Å². The molecule has 0 atom stereocenters. The number of halogens is 2. The van der Waals surface area contributed by atoms with Gasteiger partial charge in [0.05, 0.1) is 17.7 Å². The van der Waals surface area contributed by atoms with Gasteiger partial charge in [0, 0.05) is 9.90 Å². The second-order valence-electron chi connectivity index (χ2n) is 6.07. The largest absolute Gasteiger partial charge is 0.497 e. The van der Waals surface area contributed by atoms with Gasteiger partial charge in [-0.2, -0.15) is 0 Å². The van der Waals surface area contributed by atoms with Gasteiger partial charge in [0.25, 0.3) is 5.91 Å². The van der Waals surface area contributed by atoms with E-state index in [9.17, 15) is 9.18 Å². The van der Waals surface area contributed by atoms with Gasteiger partial charge >= 0.3 is 0 Å². The van der Waals surface area contributed by atoms with E-state index < -0.39 is 5.82 Å². The van der Waals surface area contributed by atoms with E-state index >= 15 is 0 Å². The first-order valence-corrected chi connectivity index (χ1v) is 9.31. The number of benzene rings is 2. The summed E-state index contributed by atoms with van der Waals surface area (Å²) in [6.07, 6.45) is 1.78. The van der Waals surface area contributed by atoms with Crippen LogP contribution >= 0.6 is 22.9 Å². The molecule has 132 valence electrons. The number of amides is 1. The molecule has 1 heterocycles. The highest BCUT2D eigenvalue weighted by atomic mass is 35.5. The Bertz CT molecular complexity index is 1020. The molecule has 2 aromatic carbocycles. The van der Waals surface area contributed by atoms with Crippen LogP contribution in [0.3, 0.4) is 0 Å². The Kier molecular flexibility index (Phi) is 4.42. The van der Waals surface area contributed by atoms with Gasteiger partial charge < -0.3 is 10.1 Å². The van der Waals surface area contributed by atoms with Crippen molar-refractivity contribution < 1.29 is 13.9 Å². The molecule has 26 heavy (non-hydrogen) atoms. The fourth-order valence-corrected chi connectivity index (χ4v) is 4.45. The van der Waals surface area contributed by atoms with Gasteiger partial charge in [-0.25, -0.2) is 4.39 Å². The monoisotopic (exact) mass is 387 g/mol. The molecular formula is C20H15ClFNO2S. The van der Waals surface area contributed by atoms with Gasteiger partial charge in [0.1, 0.15) is 11.6 Å². The zero-order valence-corrected chi connectivity index (χ0v) is 15.5. The van der Waals surface area contributed by atoms with Gasteiger partial charge in [0.2, 0.25) is 0 Å². The molecule has 6 heteroatoms. The van der Waals surface area contributed by atoms with E-state index in [1.54, 1.807) is 13.2 Å². The normalized spacial score (nSPS) is 12.3. The number of fused-ring (bicyclic) bond motifs is 3. The van der Waals surface area contributed by atoms with Crippen LogP contribution in [0.25, 0.3) is 10.4 Å². The van der Waals surface area contributed by atoms with Crippen LogP contribution in [0.1, 0.15) is 20.8 Å². The first-order valence-electron chi connectivity index (χ1n) is 8.11. The van der Waals surface area contributed by atoms with Gasteiger partial charge in [0.15, 0.2) is 0 Å². The van der Waals surface area contributed by atoms with Crippen LogP contribution in [-0.4, -0.2) is 13.0 Å². The molecular weight excluding hydrogens is 373 g/mol. The average molecular weight is 388 g/mol. The van der Waals surface area contributed by atoms with Gasteiger partial charge in [-0.15, -0.1) is 11.3 Å². The predicted octanol–water partition coefficient (Wildman–Crippen LogP) is 5.57. The van der Waals surface area contributed by atoms with E-state index in [2.05, 4.69) is 5.32 Å². The Balaban J connectivity index is 1.63. The van der Waals surface area contributed by atoms with Crippen LogP contribution in [-0.2, 0) is 12.8 Å². The summed E-state index contributed by atoms with van der Waals surface area (Å²) in [6.45, 7) is 0. The predicted molar refractivity (Wildman–Crippen MR) is 103 cm³/mol. The molecule has 1 aromatic heterocycles. The lowest BCUT2D eigenvalue weighted by molar-refractivity contribution is 0.103. The maximum absolute atomic E-state index is 13.9. The number of carbonyl (C=O) groups excluding carboxylic acids is 1. The summed E-state index contributed by atoms with van der Waals surface area (Å²) >= 11 is 7.18. The standard InChI is InChI=1S/C20H15ClFNO2S/c1-25-14-5-6-15-11(8-14)2-3-12-9-18(26-19(12)15)20(24)23-17-7-4-13(21)10-16(17)22/h4-10H,2-3H2,1H3,(H,23,24). The molecule has 1 N–H and O–H groups in total. The molecule has 3 nitrogen and oxygen atoms in total. The summed E-state index contributed by atoms with van der Waals surface area (Å²) in [5, 5.41) is 2.91. The Labute approximate surface area is 159 Å². The maximum atomic E-state index is 13.9. The van der Waals surface area contributed by atoms with Crippen molar-refractivity contribution in [2.24, 2.45) is 0 Å². The average Bonchev–Trinajstić information content (AvgIpc) is 3.08. The molecule has 0 saturated heterocycles. The minimum absolute atomic E-state index is 0.121. The highest BCUT2D eigenvalue weighted by Crippen LogP contribution is 2.41. The van der Waals surface area contributed by atoms with Crippen LogP contribution in [0.5, 0.6) is 5.75 Å². The van der Waals surface area contributed by atoms with Gasteiger partial charge in [-0.05, 0) is 72.0 Å². The number of ether oxygens (including phenoxy) is 1. The van der Waals surface area contributed by atoms with E-state index in [-0.39, 0.29) is 11.6 Å². The molecule has 0 radical (unpaired) electrons. The van der Waals surface area contributed by atoms with Crippen LogP contribution in [0.15, 0.2) is 42.5 Å². The number of nitrogens with one attached hydrogen (secondary N) is 1.